The molecule has 0 unspecified atom stereocenters. The van der Waals surface area contributed by atoms with E-state index in [1.54, 1.807) is 78.8 Å². The van der Waals surface area contributed by atoms with Gasteiger partial charge in [0.1, 0.15) is 23.9 Å². The van der Waals surface area contributed by atoms with Crippen LogP contribution in [-0.2, 0) is 13.2 Å². The summed E-state index contributed by atoms with van der Waals surface area (Å²) in [6.45, 7) is 0.568. The van der Waals surface area contributed by atoms with Crippen LogP contribution in [0.5, 0.6) is 11.5 Å². The largest absolute Gasteiger partial charge is 0.497 e. The number of halogens is 2. The number of methoxy groups -OCH3 is 1. The van der Waals surface area contributed by atoms with E-state index in [0.717, 1.165) is 11.3 Å². The van der Waals surface area contributed by atoms with Crippen molar-refractivity contribution in [1.82, 2.24) is 9.78 Å². The van der Waals surface area contributed by atoms with Crippen LogP contribution in [-0.4, -0.2) is 22.8 Å². The molecule has 0 fully saturated rings. The van der Waals surface area contributed by atoms with Gasteiger partial charge in [-0.15, -0.1) is 0 Å². The van der Waals surface area contributed by atoms with E-state index in [0.29, 0.717) is 33.8 Å². The number of aromatic nitrogens is 2. The van der Waals surface area contributed by atoms with Crippen molar-refractivity contribution in [2.24, 2.45) is 0 Å². The highest BCUT2D eigenvalue weighted by Crippen LogP contribution is 2.25. The van der Waals surface area contributed by atoms with E-state index >= 15 is 0 Å². The molecule has 0 aliphatic rings. The summed E-state index contributed by atoms with van der Waals surface area (Å²) >= 11 is 12.4. The highest BCUT2D eigenvalue weighted by atomic mass is 35.5. The lowest BCUT2D eigenvalue weighted by molar-refractivity contribution is 0.0992. The molecule has 0 saturated carbocycles. The second-order valence-corrected chi connectivity index (χ2v) is 7.63. The first-order chi connectivity index (χ1) is 15.5. The zero-order valence-corrected chi connectivity index (χ0v) is 18.6. The van der Waals surface area contributed by atoms with Crippen LogP contribution in [0.4, 0.5) is 5.69 Å². The zero-order chi connectivity index (χ0) is 22.5. The number of amides is 1. The predicted molar refractivity (Wildman–Crippen MR) is 122 cm³/mol. The van der Waals surface area contributed by atoms with Gasteiger partial charge < -0.3 is 19.2 Å². The van der Waals surface area contributed by atoms with Crippen molar-refractivity contribution in [3.05, 3.63) is 94.1 Å². The van der Waals surface area contributed by atoms with Crippen LogP contribution in [0.25, 0.3) is 0 Å². The minimum atomic E-state index is -0.393. The Hall–Kier alpha value is -3.42. The summed E-state index contributed by atoms with van der Waals surface area (Å²) in [5, 5.41) is 8.11. The van der Waals surface area contributed by atoms with Gasteiger partial charge in [0.15, 0.2) is 5.76 Å². The molecule has 32 heavy (non-hydrogen) atoms. The third-order valence-corrected chi connectivity index (χ3v) is 5.31. The minimum Gasteiger partial charge on any atom is -0.497 e. The monoisotopic (exact) mass is 471 g/mol. The molecule has 7 nitrogen and oxygen atoms in total. The van der Waals surface area contributed by atoms with Gasteiger partial charge in [0, 0.05) is 21.8 Å². The van der Waals surface area contributed by atoms with Crippen LogP contribution < -0.4 is 14.8 Å². The first-order valence-corrected chi connectivity index (χ1v) is 10.4. The lowest BCUT2D eigenvalue weighted by Gasteiger charge is -2.06. The number of anilines is 1. The number of carbonyl (C=O) groups excluding carboxylic acids is 1. The van der Waals surface area contributed by atoms with E-state index in [1.165, 1.54) is 0 Å². The summed E-state index contributed by atoms with van der Waals surface area (Å²) in [6.07, 6.45) is 3.23. The standard InChI is InChI=1S/C23H19Cl2N3O4/c1-30-16-5-7-17(8-6-16)31-14-18-9-10-22(32-18)23(29)27-15-11-26-28(12-15)13-19-20(24)3-2-4-21(19)25/h2-12H,13-14H2,1H3,(H,27,29). The SMILES string of the molecule is COc1ccc(OCc2ccc(C(=O)Nc3cnn(Cc4c(Cl)cccc4Cl)c3)o2)cc1. The van der Waals surface area contributed by atoms with Gasteiger partial charge in [-0.1, -0.05) is 29.3 Å². The van der Waals surface area contributed by atoms with Crippen LogP contribution in [0.1, 0.15) is 21.9 Å². The molecule has 0 aliphatic heterocycles. The Morgan fingerprint density at radius 2 is 1.78 bits per heavy atom. The average Bonchev–Trinajstić information content (AvgIpc) is 3.45. The Morgan fingerprint density at radius 1 is 1.06 bits per heavy atom. The van der Waals surface area contributed by atoms with Gasteiger partial charge in [-0.2, -0.15) is 5.10 Å². The minimum absolute atomic E-state index is 0.167. The highest BCUT2D eigenvalue weighted by Gasteiger charge is 2.14. The fourth-order valence-electron chi connectivity index (χ4n) is 2.96. The van der Waals surface area contributed by atoms with E-state index in [-0.39, 0.29) is 12.4 Å². The quantitative estimate of drug-likeness (QED) is 0.358. The number of benzene rings is 2. The molecule has 9 heteroatoms. The third kappa shape index (κ3) is 5.25. The maximum Gasteiger partial charge on any atom is 0.291 e. The third-order valence-electron chi connectivity index (χ3n) is 4.60. The lowest BCUT2D eigenvalue weighted by Crippen LogP contribution is -2.10. The number of hydrogen-bond donors (Lipinski definition) is 1. The number of carbonyl (C=O) groups is 1. The van der Waals surface area contributed by atoms with E-state index in [9.17, 15) is 4.79 Å². The Labute approximate surface area is 194 Å². The first kappa shape index (κ1) is 21.8. The molecule has 2 aromatic carbocycles. The summed E-state index contributed by atoms with van der Waals surface area (Å²) < 4.78 is 18.0. The average molecular weight is 472 g/mol. The van der Waals surface area contributed by atoms with Crippen LogP contribution >= 0.6 is 23.2 Å². The van der Waals surface area contributed by atoms with Gasteiger partial charge >= 0.3 is 0 Å². The molecule has 0 spiro atoms. The normalized spacial score (nSPS) is 10.7. The summed E-state index contributed by atoms with van der Waals surface area (Å²) in [4.78, 5) is 12.5. The first-order valence-electron chi connectivity index (χ1n) is 9.64. The Kier molecular flexibility index (Phi) is 6.68. The molecule has 4 rings (SSSR count). The summed E-state index contributed by atoms with van der Waals surface area (Å²) in [5.74, 6) is 1.71. The fourth-order valence-corrected chi connectivity index (χ4v) is 3.47. The highest BCUT2D eigenvalue weighted by molar-refractivity contribution is 6.35. The zero-order valence-electron chi connectivity index (χ0n) is 17.0. The number of nitrogens with zero attached hydrogens (tertiary/aromatic N) is 2. The van der Waals surface area contributed by atoms with E-state index in [4.69, 9.17) is 37.1 Å². The van der Waals surface area contributed by atoms with Crippen LogP contribution in [0.15, 0.2) is 71.4 Å². The van der Waals surface area contributed by atoms with Crippen LogP contribution in [0.3, 0.4) is 0 Å². The van der Waals surface area contributed by atoms with Crippen LogP contribution in [0, 0.1) is 0 Å². The Bertz CT molecular complexity index is 1200. The summed E-state index contributed by atoms with van der Waals surface area (Å²) in [7, 11) is 1.60. The molecule has 4 aromatic rings. The molecule has 0 atom stereocenters. The molecular weight excluding hydrogens is 453 g/mol. The van der Waals surface area contributed by atoms with E-state index in [1.807, 2.05) is 0 Å². The van der Waals surface area contributed by atoms with Crippen LogP contribution in [0.2, 0.25) is 10.0 Å². The van der Waals surface area contributed by atoms with Crippen molar-refractivity contribution in [2.45, 2.75) is 13.2 Å². The molecule has 164 valence electrons. The second-order valence-electron chi connectivity index (χ2n) is 6.81. The fraction of sp³-hybridized carbons (Fsp3) is 0.130. The van der Waals surface area contributed by atoms with Gasteiger partial charge in [0.2, 0.25) is 0 Å². The molecular formula is C23H19Cl2N3O4. The van der Waals surface area contributed by atoms with Crippen molar-refractivity contribution in [3.8, 4) is 11.5 Å². The van der Waals surface area contributed by atoms with Gasteiger partial charge in [-0.05, 0) is 48.5 Å². The van der Waals surface area contributed by atoms with Gasteiger partial charge in [-0.25, -0.2) is 0 Å². The molecule has 0 bridgehead atoms. The molecule has 1 N–H and O–H groups in total. The van der Waals surface area contributed by atoms with Crippen molar-refractivity contribution < 1.29 is 18.7 Å². The van der Waals surface area contributed by atoms with Gasteiger partial charge in [-0.3, -0.25) is 9.48 Å². The predicted octanol–water partition coefficient (Wildman–Crippen LogP) is 5.67. The van der Waals surface area contributed by atoms with Gasteiger partial charge in [0.05, 0.1) is 25.5 Å². The van der Waals surface area contributed by atoms with E-state index < -0.39 is 5.91 Å². The number of rotatable bonds is 8. The van der Waals surface area contributed by atoms with Crippen molar-refractivity contribution in [3.63, 3.8) is 0 Å². The molecule has 2 heterocycles. The topological polar surface area (TPSA) is 78.5 Å². The van der Waals surface area contributed by atoms with Gasteiger partial charge in [0.25, 0.3) is 5.91 Å². The Balaban J connectivity index is 1.34. The smallest absolute Gasteiger partial charge is 0.291 e. The maximum atomic E-state index is 12.5. The summed E-state index contributed by atoms with van der Waals surface area (Å²) in [5.41, 5.74) is 1.27. The molecule has 0 radical (unpaired) electrons. The molecule has 0 saturated heterocycles. The second kappa shape index (κ2) is 9.80. The number of ether oxygens (including phenoxy) is 2. The lowest BCUT2D eigenvalue weighted by atomic mass is 10.2. The number of nitrogens with one attached hydrogen (secondary N) is 1. The van der Waals surface area contributed by atoms with Crippen molar-refractivity contribution >= 4 is 34.8 Å². The number of hydrogen-bond acceptors (Lipinski definition) is 5. The summed E-state index contributed by atoms with van der Waals surface area (Å²) in [6, 6.07) is 15.8. The Morgan fingerprint density at radius 3 is 2.50 bits per heavy atom. The molecule has 2 aromatic heterocycles. The molecule has 1 amide bonds. The van der Waals surface area contributed by atoms with Crippen molar-refractivity contribution in [1.29, 1.82) is 0 Å². The molecule has 0 aliphatic carbocycles. The van der Waals surface area contributed by atoms with E-state index in [2.05, 4.69) is 10.4 Å². The number of furan rings is 1. The van der Waals surface area contributed by atoms with Crippen molar-refractivity contribution in [2.75, 3.05) is 12.4 Å². The maximum absolute atomic E-state index is 12.5.